The summed E-state index contributed by atoms with van der Waals surface area (Å²) in [6, 6.07) is 4.94. The van der Waals surface area contributed by atoms with Gasteiger partial charge in [-0.1, -0.05) is 12.1 Å². The van der Waals surface area contributed by atoms with Crippen LogP contribution in [0.15, 0.2) is 35.5 Å². The zero-order valence-corrected chi connectivity index (χ0v) is 14.5. The summed E-state index contributed by atoms with van der Waals surface area (Å²) in [5.74, 6) is -0.502. The topological polar surface area (TPSA) is 67.9 Å². The minimum absolute atomic E-state index is 0.00359. The van der Waals surface area contributed by atoms with Crippen LogP contribution in [0.4, 0.5) is 13.6 Å². The van der Waals surface area contributed by atoms with Gasteiger partial charge in [0.2, 0.25) is 0 Å². The van der Waals surface area contributed by atoms with E-state index in [-0.39, 0.29) is 24.4 Å². The van der Waals surface area contributed by atoms with E-state index in [0.717, 1.165) is 12.8 Å². The number of nitrogens with zero attached hydrogens (tertiary/aromatic N) is 1. The van der Waals surface area contributed by atoms with E-state index in [2.05, 4.69) is 10.1 Å². The molecule has 0 spiro atoms. The van der Waals surface area contributed by atoms with Gasteiger partial charge in [0.05, 0.1) is 18.2 Å². The van der Waals surface area contributed by atoms with Crippen LogP contribution in [-0.4, -0.2) is 36.2 Å². The van der Waals surface area contributed by atoms with Gasteiger partial charge in [-0.3, -0.25) is 4.90 Å². The molecular formula is C18H20F2N2O4. The lowest BCUT2D eigenvalue weighted by molar-refractivity contribution is -0.139. The van der Waals surface area contributed by atoms with E-state index >= 15 is 0 Å². The normalized spacial score (nSPS) is 20.3. The number of ether oxygens (including phenoxy) is 2. The lowest BCUT2D eigenvalue weighted by Gasteiger charge is -2.35. The van der Waals surface area contributed by atoms with Gasteiger partial charge in [-0.2, -0.15) is 8.78 Å². The number of carbonyl (C=O) groups is 2. The first-order valence-corrected chi connectivity index (χ1v) is 8.44. The number of halogens is 2. The highest BCUT2D eigenvalue weighted by atomic mass is 19.3. The molecule has 8 heteroatoms. The van der Waals surface area contributed by atoms with E-state index < -0.39 is 18.6 Å². The standard InChI is InChI=1S/C18H20F2N2O4/c1-3-25-16(23)14-10(2)22(12-6-7-12)18(24)21-15(14)11-4-8-13(9-5-11)26-17(19)20/h4-5,8-9,12,15,17H,3,6-7H2,1-2H3,(H,21,24)/t15-/m1/s1. The third-order valence-corrected chi connectivity index (χ3v) is 4.37. The molecule has 1 fully saturated rings. The van der Waals surface area contributed by atoms with Gasteiger partial charge in [-0.25, -0.2) is 9.59 Å². The SMILES string of the molecule is CCOC(=O)C1=C(C)N(C2CC2)C(=O)N[C@@H]1c1ccc(OC(F)F)cc1. The van der Waals surface area contributed by atoms with Crippen molar-refractivity contribution in [3.8, 4) is 5.75 Å². The first kappa shape index (κ1) is 18.2. The van der Waals surface area contributed by atoms with Crippen molar-refractivity contribution in [1.29, 1.82) is 0 Å². The summed E-state index contributed by atoms with van der Waals surface area (Å²) in [6.07, 6.45) is 1.79. The van der Waals surface area contributed by atoms with Crippen molar-refractivity contribution < 1.29 is 27.8 Å². The van der Waals surface area contributed by atoms with Gasteiger partial charge in [0.25, 0.3) is 0 Å². The molecule has 0 bridgehead atoms. The predicted octanol–water partition coefficient (Wildman–Crippen LogP) is 3.35. The molecule has 1 saturated carbocycles. The maximum absolute atomic E-state index is 12.5. The second kappa shape index (κ2) is 7.31. The molecule has 1 aliphatic carbocycles. The molecule has 2 amide bonds. The van der Waals surface area contributed by atoms with E-state index in [1.54, 1.807) is 30.9 Å². The quantitative estimate of drug-likeness (QED) is 0.784. The van der Waals surface area contributed by atoms with Crippen molar-refractivity contribution in [2.24, 2.45) is 0 Å². The molecule has 1 aliphatic heterocycles. The fourth-order valence-corrected chi connectivity index (χ4v) is 3.09. The first-order valence-electron chi connectivity index (χ1n) is 8.44. The number of carbonyl (C=O) groups excluding carboxylic acids is 2. The van der Waals surface area contributed by atoms with Crippen molar-refractivity contribution in [2.45, 2.75) is 45.4 Å². The largest absolute Gasteiger partial charge is 0.463 e. The summed E-state index contributed by atoms with van der Waals surface area (Å²) in [7, 11) is 0. The Morgan fingerprint density at radius 3 is 2.50 bits per heavy atom. The van der Waals surface area contributed by atoms with Crippen LogP contribution in [0.5, 0.6) is 5.75 Å². The van der Waals surface area contributed by atoms with Gasteiger partial charge in [-0.15, -0.1) is 0 Å². The first-order chi connectivity index (χ1) is 12.4. The number of allylic oxidation sites excluding steroid dienone is 1. The second-order valence-corrected chi connectivity index (χ2v) is 6.15. The summed E-state index contributed by atoms with van der Waals surface area (Å²) < 4.78 is 34.1. The second-order valence-electron chi connectivity index (χ2n) is 6.15. The third-order valence-electron chi connectivity index (χ3n) is 4.37. The Morgan fingerprint density at radius 1 is 1.31 bits per heavy atom. The lowest BCUT2D eigenvalue weighted by atomic mass is 9.94. The van der Waals surface area contributed by atoms with Crippen molar-refractivity contribution in [3.05, 3.63) is 41.1 Å². The van der Waals surface area contributed by atoms with Gasteiger partial charge in [0.1, 0.15) is 5.75 Å². The van der Waals surface area contributed by atoms with E-state index in [9.17, 15) is 18.4 Å². The molecule has 3 rings (SSSR count). The Hall–Kier alpha value is -2.64. The monoisotopic (exact) mass is 366 g/mol. The zero-order chi connectivity index (χ0) is 18.8. The van der Waals surface area contributed by atoms with Crippen LogP contribution in [0.25, 0.3) is 0 Å². The van der Waals surface area contributed by atoms with Crippen molar-refractivity contribution >= 4 is 12.0 Å². The summed E-state index contributed by atoms with van der Waals surface area (Å²) in [4.78, 5) is 26.6. The highest BCUT2D eigenvalue weighted by Crippen LogP contribution is 2.38. The lowest BCUT2D eigenvalue weighted by Crippen LogP contribution is -2.48. The Balaban J connectivity index is 1.95. The number of alkyl halides is 2. The minimum atomic E-state index is -2.92. The number of hydrogen-bond acceptors (Lipinski definition) is 4. The molecule has 6 nitrogen and oxygen atoms in total. The summed E-state index contributed by atoms with van der Waals surface area (Å²) in [5, 5.41) is 2.82. The molecule has 1 N–H and O–H groups in total. The van der Waals surface area contributed by atoms with Gasteiger partial charge < -0.3 is 14.8 Å². The molecule has 2 aliphatic rings. The molecule has 0 saturated heterocycles. The Kier molecular flexibility index (Phi) is 5.11. The van der Waals surface area contributed by atoms with Gasteiger partial charge >= 0.3 is 18.6 Å². The van der Waals surface area contributed by atoms with Crippen LogP contribution in [0, 0.1) is 0 Å². The Morgan fingerprint density at radius 2 is 1.96 bits per heavy atom. The van der Waals surface area contributed by atoms with E-state index in [4.69, 9.17) is 4.74 Å². The van der Waals surface area contributed by atoms with E-state index in [0.29, 0.717) is 16.8 Å². The van der Waals surface area contributed by atoms with Crippen molar-refractivity contribution in [2.75, 3.05) is 6.61 Å². The van der Waals surface area contributed by atoms with E-state index in [1.807, 2.05) is 0 Å². The van der Waals surface area contributed by atoms with Crippen molar-refractivity contribution in [3.63, 3.8) is 0 Å². The minimum Gasteiger partial charge on any atom is -0.463 e. The number of rotatable bonds is 6. The van der Waals surface area contributed by atoms with Crippen LogP contribution in [-0.2, 0) is 9.53 Å². The average molecular weight is 366 g/mol. The van der Waals surface area contributed by atoms with Crippen LogP contribution < -0.4 is 10.1 Å². The number of nitrogens with one attached hydrogen (secondary N) is 1. The molecule has 0 aromatic heterocycles. The van der Waals surface area contributed by atoms with Gasteiger partial charge in [0.15, 0.2) is 0 Å². The average Bonchev–Trinajstić information content (AvgIpc) is 3.39. The molecule has 0 radical (unpaired) electrons. The molecule has 1 heterocycles. The molecule has 1 aromatic rings. The number of benzene rings is 1. The molecule has 1 atom stereocenters. The van der Waals surface area contributed by atoms with Crippen LogP contribution in [0.1, 0.15) is 38.3 Å². The highest BCUT2D eigenvalue weighted by Gasteiger charge is 2.42. The summed E-state index contributed by atoms with van der Waals surface area (Å²) >= 11 is 0. The summed E-state index contributed by atoms with van der Waals surface area (Å²) in [5.41, 5.74) is 1.49. The smallest absolute Gasteiger partial charge is 0.387 e. The highest BCUT2D eigenvalue weighted by molar-refractivity contribution is 5.95. The predicted molar refractivity (Wildman–Crippen MR) is 88.5 cm³/mol. The number of urea groups is 1. The van der Waals surface area contributed by atoms with E-state index in [1.165, 1.54) is 12.1 Å². The Labute approximate surface area is 149 Å². The molecule has 26 heavy (non-hydrogen) atoms. The van der Waals surface area contributed by atoms with Crippen LogP contribution in [0.2, 0.25) is 0 Å². The number of esters is 1. The third kappa shape index (κ3) is 3.63. The molecule has 0 unspecified atom stereocenters. The summed E-state index contributed by atoms with van der Waals surface area (Å²) in [6.45, 7) is 0.727. The number of hydrogen-bond donors (Lipinski definition) is 1. The van der Waals surface area contributed by atoms with Crippen LogP contribution >= 0.6 is 0 Å². The maximum atomic E-state index is 12.5. The zero-order valence-electron chi connectivity index (χ0n) is 14.5. The number of amides is 2. The van der Waals surface area contributed by atoms with Gasteiger partial charge in [-0.05, 0) is 44.4 Å². The molecule has 1 aromatic carbocycles. The molecular weight excluding hydrogens is 346 g/mol. The molecule has 140 valence electrons. The van der Waals surface area contributed by atoms with Gasteiger partial charge in [0, 0.05) is 11.7 Å². The Bertz CT molecular complexity index is 729. The maximum Gasteiger partial charge on any atom is 0.387 e. The fraction of sp³-hybridized carbons (Fsp3) is 0.444. The van der Waals surface area contributed by atoms with Crippen LogP contribution in [0.3, 0.4) is 0 Å². The fourth-order valence-electron chi connectivity index (χ4n) is 3.09. The van der Waals surface area contributed by atoms with Crippen molar-refractivity contribution in [1.82, 2.24) is 10.2 Å².